The number of nitrogens with one attached hydrogen (secondary N) is 2. The number of hydrogen-bond donors (Lipinski definition) is 2. The largest absolute Gasteiger partial charge is 0.386 e. The van der Waals surface area contributed by atoms with Crippen molar-refractivity contribution in [3.8, 4) is 0 Å². The highest BCUT2D eigenvalue weighted by Crippen LogP contribution is 2.36. The number of ether oxygens (including phenoxy) is 2. The number of rotatable bonds is 12. The summed E-state index contributed by atoms with van der Waals surface area (Å²) in [5.41, 5.74) is 3.04. The molecular formula is C46H52Cl2N8O6. The van der Waals surface area contributed by atoms with Gasteiger partial charge >= 0.3 is 0 Å². The molecule has 16 heteroatoms. The summed E-state index contributed by atoms with van der Waals surface area (Å²) in [6.45, 7) is 8.80. The Hall–Kier alpha value is -4.96. The molecule has 2 aromatic carbocycles. The van der Waals surface area contributed by atoms with Crippen LogP contribution in [0.3, 0.4) is 0 Å². The lowest BCUT2D eigenvalue weighted by Gasteiger charge is -2.35. The molecule has 4 aromatic rings. The van der Waals surface area contributed by atoms with Crippen LogP contribution in [0.5, 0.6) is 0 Å². The highest BCUT2D eigenvalue weighted by molar-refractivity contribution is 6.34. The molecule has 14 nitrogen and oxygen atoms in total. The Bertz CT molecular complexity index is 2330. The average molecular weight is 884 g/mol. The summed E-state index contributed by atoms with van der Waals surface area (Å²) in [5.74, 6) is 0.417. The third-order valence-electron chi connectivity index (χ3n) is 12.1. The van der Waals surface area contributed by atoms with E-state index in [1.54, 1.807) is 72.8 Å². The van der Waals surface area contributed by atoms with Gasteiger partial charge in [0.2, 0.25) is 0 Å². The Kier molecular flexibility index (Phi) is 13.0. The molecule has 0 radical (unpaired) electrons. The fraction of sp³-hybridized carbons (Fsp3) is 0.435. The minimum Gasteiger partial charge on any atom is -0.386 e. The zero-order valence-corrected chi connectivity index (χ0v) is 37.1. The Morgan fingerprint density at radius 3 is 1.77 bits per heavy atom. The number of piperidine rings is 2. The first kappa shape index (κ1) is 43.7. The predicted octanol–water partition coefficient (Wildman–Crippen LogP) is 6.86. The van der Waals surface area contributed by atoms with E-state index in [0.717, 1.165) is 55.5 Å². The maximum absolute atomic E-state index is 14.4. The van der Waals surface area contributed by atoms with E-state index in [1.165, 1.54) is 0 Å². The first-order chi connectivity index (χ1) is 29.9. The third kappa shape index (κ3) is 8.69. The predicted molar refractivity (Wildman–Crippen MR) is 240 cm³/mol. The van der Waals surface area contributed by atoms with Gasteiger partial charge in [0.25, 0.3) is 11.8 Å². The number of hydrogen-bond acceptors (Lipinski definition) is 12. The van der Waals surface area contributed by atoms with Gasteiger partial charge in [-0.15, -0.1) is 0 Å². The lowest BCUT2D eigenvalue weighted by atomic mass is 9.87. The summed E-state index contributed by atoms with van der Waals surface area (Å²) in [6.07, 6.45) is 6.28. The molecule has 8 rings (SSSR count). The van der Waals surface area contributed by atoms with Crippen molar-refractivity contribution in [2.45, 2.75) is 88.4 Å². The third-order valence-corrected chi connectivity index (χ3v) is 12.7. The van der Waals surface area contributed by atoms with Crippen molar-refractivity contribution in [2.75, 3.05) is 50.2 Å². The number of halogens is 2. The summed E-state index contributed by atoms with van der Waals surface area (Å²) in [5, 5.41) is 16.4. The molecule has 0 aliphatic carbocycles. The molecule has 4 aliphatic rings. The zero-order valence-electron chi connectivity index (χ0n) is 35.6. The van der Waals surface area contributed by atoms with E-state index in [9.17, 15) is 9.59 Å². The van der Waals surface area contributed by atoms with Crippen LogP contribution in [0.1, 0.15) is 83.9 Å². The van der Waals surface area contributed by atoms with Crippen molar-refractivity contribution in [2.24, 2.45) is 10.3 Å². The summed E-state index contributed by atoms with van der Waals surface area (Å²) in [4.78, 5) is 53.0. The van der Waals surface area contributed by atoms with Gasteiger partial charge in [0.15, 0.2) is 22.8 Å². The van der Waals surface area contributed by atoms with Crippen LogP contribution in [0.2, 0.25) is 10.0 Å². The molecule has 2 unspecified atom stereocenters. The molecule has 2 fully saturated rings. The van der Waals surface area contributed by atoms with Gasteiger partial charge < -0.3 is 29.8 Å². The summed E-state index contributed by atoms with van der Waals surface area (Å²) in [7, 11) is 3.25. The normalized spacial score (nSPS) is 24.4. The van der Waals surface area contributed by atoms with E-state index in [4.69, 9.17) is 47.3 Å². The molecule has 0 saturated carbocycles. The molecule has 2 saturated heterocycles. The molecule has 2 N–H and O–H groups in total. The quantitative estimate of drug-likeness (QED) is 0.155. The van der Waals surface area contributed by atoms with Crippen LogP contribution < -0.4 is 20.4 Å². The summed E-state index contributed by atoms with van der Waals surface area (Å²) < 4.78 is 11.8. The molecule has 6 heterocycles. The van der Waals surface area contributed by atoms with E-state index < -0.39 is 17.3 Å². The molecule has 2 amide bonds. The first-order valence-corrected chi connectivity index (χ1v) is 21.8. The SMILES string of the molecule is COC1C(c2ccc(C(=O)N(c3ncccc3Cl)[C@@H]3CCCNC3)cc2)=NOC1(C)Cc1cnc(N(C(=O)c2ccc(C3=NOC(C)(C)[C@@H]3OC)cc2)[C@@H]2CCCNC2)c(Cl)c1. The summed E-state index contributed by atoms with van der Waals surface area (Å²) >= 11 is 13.6. The smallest absolute Gasteiger partial charge is 0.259 e. The van der Waals surface area contributed by atoms with E-state index in [-0.39, 0.29) is 30.0 Å². The minimum atomic E-state index is -0.929. The van der Waals surface area contributed by atoms with Crippen molar-refractivity contribution >= 4 is 58.1 Å². The fourth-order valence-electron chi connectivity index (χ4n) is 8.95. The molecular weight excluding hydrogens is 831 g/mol. The van der Waals surface area contributed by atoms with Gasteiger partial charge in [-0.3, -0.25) is 19.4 Å². The van der Waals surface area contributed by atoms with Gasteiger partial charge in [-0.2, -0.15) is 0 Å². The van der Waals surface area contributed by atoms with Crippen molar-refractivity contribution in [3.63, 3.8) is 0 Å². The molecule has 0 bridgehead atoms. The second-order valence-corrected chi connectivity index (χ2v) is 17.7. The van der Waals surface area contributed by atoms with E-state index in [1.807, 2.05) is 51.1 Å². The van der Waals surface area contributed by atoms with Crippen molar-refractivity contribution in [1.29, 1.82) is 0 Å². The number of pyridine rings is 2. The van der Waals surface area contributed by atoms with Crippen LogP contribution in [0, 0.1) is 0 Å². The van der Waals surface area contributed by atoms with Crippen LogP contribution >= 0.6 is 23.2 Å². The number of nitrogens with zero attached hydrogens (tertiary/aromatic N) is 6. The van der Waals surface area contributed by atoms with Gasteiger partial charge in [0.1, 0.15) is 23.6 Å². The Balaban J connectivity index is 0.989. The maximum atomic E-state index is 14.4. The second-order valence-electron chi connectivity index (χ2n) is 16.9. The number of aromatic nitrogens is 2. The number of benzene rings is 2. The number of methoxy groups -OCH3 is 2. The van der Waals surface area contributed by atoms with E-state index >= 15 is 0 Å². The van der Waals surface area contributed by atoms with Gasteiger partial charge in [0.05, 0.1) is 22.1 Å². The van der Waals surface area contributed by atoms with Crippen molar-refractivity contribution in [3.05, 3.63) is 117 Å². The Morgan fingerprint density at radius 2 is 1.27 bits per heavy atom. The number of carbonyl (C=O) groups is 2. The van der Waals surface area contributed by atoms with E-state index in [0.29, 0.717) is 63.7 Å². The Labute approximate surface area is 371 Å². The lowest BCUT2D eigenvalue weighted by Crippen LogP contribution is -2.49. The molecule has 2 aromatic heterocycles. The number of amides is 2. The Morgan fingerprint density at radius 1 is 0.742 bits per heavy atom. The van der Waals surface area contributed by atoms with Crippen LogP contribution in [0.15, 0.2) is 89.4 Å². The monoisotopic (exact) mass is 882 g/mol. The van der Waals surface area contributed by atoms with Gasteiger partial charge in [-0.05, 0) is 108 Å². The molecule has 4 aliphatic heterocycles. The number of oxime groups is 2. The standard InChI is InChI=1S/C46H52Cl2N8O6/c1-45(2)39(59-4)37(53-61-45)29-12-16-32(17-13-29)44(58)56(34-10-7-21-50-27-34)42-36(48)23-28(25-52-42)24-46(3)40(60-5)38(54-62-46)30-14-18-31(19-15-30)43(57)55(33-9-6-20-49-26-33)41-35(47)11-8-22-51-41/h8,11-19,22-23,25,33-34,39-40,49-50H,6-7,9-10,20-21,24,26-27H2,1-5H3/t33-,34-,39-,40?,46?/m1/s1. The van der Waals surface area contributed by atoms with Gasteiger partial charge in [0, 0.05) is 68.4 Å². The summed E-state index contributed by atoms with van der Waals surface area (Å²) in [6, 6.07) is 19.6. The highest BCUT2D eigenvalue weighted by atomic mass is 35.5. The van der Waals surface area contributed by atoms with Crippen LogP contribution in [0.4, 0.5) is 11.6 Å². The highest BCUT2D eigenvalue weighted by Gasteiger charge is 2.47. The first-order valence-electron chi connectivity index (χ1n) is 21.0. The van der Waals surface area contributed by atoms with Crippen molar-refractivity contribution < 1.29 is 28.7 Å². The van der Waals surface area contributed by atoms with Gasteiger partial charge in [-0.25, -0.2) is 9.97 Å². The molecule has 62 heavy (non-hydrogen) atoms. The maximum Gasteiger partial charge on any atom is 0.259 e. The number of carbonyl (C=O) groups excluding carboxylic acids is 2. The fourth-order valence-corrected chi connectivity index (χ4v) is 9.44. The zero-order chi connectivity index (χ0) is 43.6. The van der Waals surface area contributed by atoms with Crippen molar-refractivity contribution in [1.82, 2.24) is 20.6 Å². The number of anilines is 2. The topological polar surface area (TPSA) is 152 Å². The van der Waals surface area contributed by atoms with E-state index in [2.05, 4.69) is 25.9 Å². The van der Waals surface area contributed by atoms with Crippen LogP contribution in [-0.2, 0) is 25.6 Å². The molecule has 326 valence electrons. The van der Waals surface area contributed by atoms with Crippen LogP contribution in [-0.4, -0.2) is 109 Å². The average Bonchev–Trinajstić information content (AvgIpc) is 3.79. The minimum absolute atomic E-state index is 0.0940. The second kappa shape index (κ2) is 18.4. The van der Waals surface area contributed by atoms with Gasteiger partial charge in [-0.1, -0.05) is 57.8 Å². The lowest BCUT2D eigenvalue weighted by molar-refractivity contribution is -0.0738. The van der Waals surface area contributed by atoms with Crippen LogP contribution in [0.25, 0.3) is 0 Å². The molecule has 0 spiro atoms. The molecule has 5 atom stereocenters.